The molecule has 7 heteroatoms. The summed E-state index contributed by atoms with van der Waals surface area (Å²) < 4.78 is 27.5. The van der Waals surface area contributed by atoms with Crippen LogP contribution < -0.4 is 10.5 Å². The maximum atomic E-state index is 11.9. The third-order valence-corrected chi connectivity index (χ3v) is 4.34. The summed E-state index contributed by atoms with van der Waals surface area (Å²) in [6, 6.07) is 4.66. The molecule has 1 aromatic carbocycles. The average molecular weight is 278 g/mol. The summed E-state index contributed by atoms with van der Waals surface area (Å²) in [4.78, 5) is 0. The molecule has 0 saturated carbocycles. The second kappa shape index (κ2) is 5.12. The average Bonchev–Trinajstić information content (AvgIpc) is 2.22. The fourth-order valence-electron chi connectivity index (χ4n) is 1.13. The van der Waals surface area contributed by atoms with Gasteiger partial charge in [-0.3, -0.25) is 4.72 Å². The van der Waals surface area contributed by atoms with E-state index in [1.54, 1.807) is 32.0 Å². The third kappa shape index (κ3) is 3.24. The van der Waals surface area contributed by atoms with Gasteiger partial charge < -0.3 is 5.73 Å². The van der Waals surface area contributed by atoms with E-state index in [4.69, 9.17) is 17.3 Å². The summed E-state index contributed by atoms with van der Waals surface area (Å²) in [5.74, 6) is 0. The number of anilines is 2. The molecule has 0 spiro atoms. The summed E-state index contributed by atoms with van der Waals surface area (Å²) in [6.07, 6.45) is 0. The van der Waals surface area contributed by atoms with Crippen molar-refractivity contribution in [3.8, 4) is 0 Å². The Morgan fingerprint density at radius 1 is 1.41 bits per heavy atom. The Bertz CT molecular complexity index is 482. The molecule has 0 radical (unpaired) electrons. The minimum absolute atomic E-state index is 0.156. The van der Waals surface area contributed by atoms with Crippen LogP contribution in [0.15, 0.2) is 18.2 Å². The molecule has 0 aromatic heterocycles. The van der Waals surface area contributed by atoms with E-state index < -0.39 is 10.2 Å². The maximum Gasteiger partial charge on any atom is 0.301 e. The molecule has 1 rings (SSSR count). The Balaban J connectivity index is 3.07. The van der Waals surface area contributed by atoms with Crippen LogP contribution in [0, 0.1) is 0 Å². The van der Waals surface area contributed by atoms with Crippen molar-refractivity contribution in [3.05, 3.63) is 23.2 Å². The van der Waals surface area contributed by atoms with Crippen LogP contribution in [-0.2, 0) is 10.2 Å². The second-order valence-electron chi connectivity index (χ2n) is 3.92. The number of nitrogens with zero attached hydrogens (tertiary/aromatic N) is 1. The highest BCUT2D eigenvalue weighted by atomic mass is 35.5. The Kier molecular flexibility index (Phi) is 4.24. The lowest BCUT2D eigenvalue weighted by Gasteiger charge is -2.22. The van der Waals surface area contributed by atoms with Crippen molar-refractivity contribution in [1.82, 2.24) is 4.31 Å². The largest absolute Gasteiger partial charge is 0.397 e. The SMILES string of the molecule is CC(C)N(C)S(=O)(=O)Nc1c(N)cccc1Cl. The van der Waals surface area contributed by atoms with Crippen LogP contribution in [0.25, 0.3) is 0 Å². The van der Waals surface area contributed by atoms with Gasteiger partial charge in [0.05, 0.1) is 16.4 Å². The van der Waals surface area contributed by atoms with E-state index in [0.29, 0.717) is 5.69 Å². The van der Waals surface area contributed by atoms with Crippen molar-refractivity contribution >= 4 is 33.2 Å². The number of nitrogens with two attached hydrogens (primary N) is 1. The zero-order chi connectivity index (χ0) is 13.2. The highest BCUT2D eigenvalue weighted by Gasteiger charge is 2.22. The van der Waals surface area contributed by atoms with Crippen molar-refractivity contribution in [2.45, 2.75) is 19.9 Å². The Labute approximate surface area is 107 Å². The summed E-state index contributed by atoms with van der Waals surface area (Å²) in [5, 5.41) is 0.269. The molecule has 5 nitrogen and oxygen atoms in total. The van der Waals surface area contributed by atoms with Crippen LogP contribution in [0.4, 0.5) is 11.4 Å². The van der Waals surface area contributed by atoms with Crippen molar-refractivity contribution in [3.63, 3.8) is 0 Å². The molecule has 0 heterocycles. The topological polar surface area (TPSA) is 75.4 Å². The summed E-state index contributed by atoms with van der Waals surface area (Å²) in [7, 11) is -2.15. The lowest BCUT2D eigenvalue weighted by atomic mass is 10.3. The third-order valence-electron chi connectivity index (χ3n) is 2.38. The molecule has 0 atom stereocenters. The predicted molar refractivity (Wildman–Crippen MR) is 71.3 cm³/mol. The first kappa shape index (κ1) is 14.1. The number of nitrogens with one attached hydrogen (secondary N) is 1. The maximum absolute atomic E-state index is 11.9. The lowest BCUT2D eigenvalue weighted by Crippen LogP contribution is -2.37. The Morgan fingerprint density at radius 3 is 2.47 bits per heavy atom. The Morgan fingerprint density at radius 2 is 2.00 bits per heavy atom. The van der Waals surface area contributed by atoms with Crippen LogP contribution in [0.5, 0.6) is 0 Å². The molecule has 3 N–H and O–H groups in total. The molecule has 17 heavy (non-hydrogen) atoms. The van der Waals surface area contributed by atoms with Gasteiger partial charge in [0.15, 0.2) is 0 Å². The van der Waals surface area contributed by atoms with E-state index in [0.717, 1.165) is 0 Å². The zero-order valence-corrected chi connectivity index (χ0v) is 11.5. The van der Waals surface area contributed by atoms with E-state index in [1.807, 2.05) is 0 Å². The number of para-hydroxylation sites is 1. The number of halogens is 1. The molecule has 96 valence electrons. The fraction of sp³-hybridized carbons (Fsp3) is 0.400. The van der Waals surface area contributed by atoms with Crippen LogP contribution in [0.1, 0.15) is 13.8 Å². The van der Waals surface area contributed by atoms with Gasteiger partial charge in [-0.1, -0.05) is 17.7 Å². The van der Waals surface area contributed by atoms with Crippen LogP contribution in [0.2, 0.25) is 5.02 Å². The van der Waals surface area contributed by atoms with Gasteiger partial charge in [0.25, 0.3) is 0 Å². The van der Waals surface area contributed by atoms with E-state index in [2.05, 4.69) is 4.72 Å². The molecular weight excluding hydrogens is 262 g/mol. The van der Waals surface area contributed by atoms with Crippen molar-refractivity contribution in [2.75, 3.05) is 17.5 Å². The van der Waals surface area contributed by atoms with Crippen LogP contribution >= 0.6 is 11.6 Å². The van der Waals surface area contributed by atoms with Crippen LogP contribution in [0.3, 0.4) is 0 Å². The van der Waals surface area contributed by atoms with E-state index in [9.17, 15) is 8.42 Å². The smallest absolute Gasteiger partial charge is 0.301 e. The number of nitrogen functional groups attached to an aromatic ring is 1. The minimum Gasteiger partial charge on any atom is -0.397 e. The predicted octanol–water partition coefficient (Wildman–Crippen LogP) is 1.92. The van der Waals surface area contributed by atoms with E-state index in [-0.39, 0.29) is 16.8 Å². The highest BCUT2D eigenvalue weighted by Crippen LogP contribution is 2.29. The molecule has 0 saturated heterocycles. The standard InChI is InChI=1S/C10H16ClN3O2S/c1-7(2)14(3)17(15,16)13-10-8(11)5-4-6-9(10)12/h4-7,13H,12H2,1-3H3. The zero-order valence-electron chi connectivity index (χ0n) is 9.94. The fourth-order valence-corrected chi connectivity index (χ4v) is 2.60. The van der Waals surface area contributed by atoms with Crippen molar-refractivity contribution in [2.24, 2.45) is 0 Å². The number of hydrogen-bond donors (Lipinski definition) is 2. The summed E-state index contributed by atoms with van der Waals surface area (Å²) >= 11 is 5.89. The second-order valence-corrected chi connectivity index (χ2v) is 6.06. The van der Waals surface area contributed by atoms with Gasteiger partial charge in [-0.2, -0.15) is 12.7 Å². The Hall–Kier alpha value is -0.980. The molecule has 0 aliphatic rings. The molecular formula is C10H16ClN3O2S. The first-order valence-corrected chi connectivity index (χ1v) is 6.87. The normalized spacial score (nSPS) is 12.1. The van der Waals surface area contributed by atoms with E-state index >= 15 is 0 Å². The van der Waals surface area contributed by atoms with Gasteiger partial charge in [-0.05, 0) is 26.0 Å². The molecule has 0 amide bonds. The van der Waals surface area contributed by atoms with E-state index in [1.165, 1.54) is 11.4 Å². The minimum atomic E-state index is -3.64. The molecule has 0 unspecified atom stereocenters. The van der Waals surface area contributed by atoms with Crippen molar-refractivity contribution in [1.29, 1.82) is 0 Å². The van der Waals surface area contributed by atoms with Crippen LogP contribution in [-0.4, -0.2) is 25.8 Å². The molecule has 0 aliphatic heterocycles. The number of hydrogen-bond acceptors (Lipinski definition) is 3. The highest BCUT2D eigenvalue weighted by molar-refractivity contribution is 7.90. The van der Waals surface area contributed by atoms with Gasteiger partial charge >= 0.3 is 10.2 Å². The molecule has 0 fully saturated rings. The van der Waals surface area contributed by atoms with Crippen molar-refractivity contribution < 1.29 is 8.42 Å². The quantitative estimate of drug-likeness (QED) is 0.826. The molecule has 1 aromatic rings. The van der Waals surface area contributed by atoms with Gasteiger partial charge in [-0.15, -0.1) is 0 Å². The first-order valence-electron chi connectivity index (χ1n) is 5.05. The van der Waals surface area contributed by atoms with Gasteiger partial charge in [0.1, 0.15) is 0 Å². The first-order chi connectivity index (χ1) is 7.75. The van der Waals surface area contributed by atoms with Gasteiger partial charge in [0.2, 0.25) is 0 Å². The molecule has 0 bridgehead atoms. The summed E-state index contributed by atoms with van der Waals surface area (Å²) in [5.41, 5.74) is 6.17. The summed E-state index contributed by atoms with van der Waals surface area (Å²) in [6.45, 7) is 3.55. The number of rotatable bonds is 4. The molecule has 0 aliphatic carbocycles. The lowest BCUT2D eigenvalue weighted by molar-refractivity contribution is 0.414. The monoisotopic (exact) mass is 277 g/mol. The van der Waals surface area contributed by atoms with Gasteiger partial charge in [-0.25, -0.2) is 0 Å². The number of benzene rings is 1. The van der Waals surface area contributed by atoms with Gasteiger partial charge in [0, 0.05) is 13.1 Å².